The number of nitrogens with one attached hydrogen (secondary N) is 2. The van der Waals surface area contributed by atoms with E-state index in [2.05, 4.69) is 10.6 Å². The maximum Gasteiger partial charge on any atom is 0.337 e. The molecule has 1 unspecified atom stereocenters. The van der Waals surface area contributed by atoms with Crippen molar-refractivity contribution >= 4 is 23.4 Å². The molecule has 23 heavy (non-hydrogen) atoms. The number of methoxy groups -OCH3 is 1. The quantitative estimate of drug-likeness (QED) is 0.789. The Morgan fingerprint density at radius 2 is 1.70 bits per heavy atom. The summed E-state index contributed by atoms with van der Waals surface area (Å²) in [6.07, 6.45) is -1.02. The van der Waals surface area contributed by atoms with Crippen molar-refractivity contribution in [1.29, 1.82) is 0 Å². The van der Waals surface area contributed by atoms with Crippen molar-refractivity contribution in [2.24, 2.45) is 0 Å². The first-order valence-corrected chi connectivity index (χ1v) is 7.00. The Kier molecular flexibility index (Phi) is 5.32. The van der Waals surface area contributed by atoms with E-state index in [-0.39, 0.29) is 6.03 Å². The molecule has 2 aromatic rings. The second-order valence-corrected chi connectivity index (χ2v) is 4.97. The number of carboxylic acid groups (broad SMARTS) is 1. The average Bonchev–Trinajstić information content (AvgIpc) is 2.51. The van der Waals surface area contributed by atoms with Crippen LogP contribution in [0.4, 0.5) is 16.2 Å². The van der Waals surface area contributed by atoms with Gasteiger partial charge in [0.1, 0.15) is 0 Å². The summed E-state index contributed by atoms with van der Waals surface area (Å²) in [4.78, 5) is 23.0. The number of para-hydroxylation sites is 1. The number of anilines is 2. The first-order chi connectivity index (χ1) is 11.0. The van der Waals surface area contributed by atoms with Gasteiger partial charge < -0.3 is 20.5 Å². The van der Waals surface area contributed by atoms with Crippen LogP contribution in [0.25, 0.3) is 0 Å². The van der Waals surface area contributed by atoms with Gasteiger partial charge in [0.25, 0.3) is 0 Å². The van der Waals surface area contributed by atoms with Crippen LogP contribution < -0.4 is 10.6 Å². The minimum atomic E-state index is -1.06. The number of hydrogen-bond donors (Lipinski definition) is 3. The van der Waals surface area contributed by atoms with E-state index in [4.69, 9.17) is 9.84 Å². The highest BCUT2D eigenvalue weighted by Crippen LogP contribution is 2.20. The first-order valence-electron chi connectivity index (χ1n) is 7.00. The Bertz CT molecular complexity index is 698. The summed E-state index contributed by atoms with van der Waals surface area (Å²) in [5.74, 6) is -1.06. The molecule has 0 saturated heterocycles. The van der Waals surface area contributed by atoms with Crippen LogP contribution in [-0.2, 0) is 9.53 Å². The molecule has 0 radical (unpaired) electrons. The van der Waals surface area contributed by atoms with Gasteiger partial charge in [-0.2, -0.15) is 0 Å². The van der Waals surface area contributed by atoms with Gasteiger partial charge in [-0.3, -0.25) is 0 Å². The maximum absolute atomic E-state index is 12.0. The third-order valence-corrected chi connectivity index (χ3v) is 3.32. The molecule has 0 bridgehead atoms. The third kappa shape index (κ3) is 4.31. The summed E-state index contributed by atoms with van der Waals surface area (Å²) in [5.41, 5.74) is 2.75. The van der Waals surface area contributed by atoms with Crippen LogP contribution in [0.5, 0.6) is 0 Å². The van der Waals surface area contributed by atoms with Crippen LogP contribution in [0, 0.1) is 6.92 Å². The van der Waals surface area contributed by atoms with Gasteiger partial charge in [0, 0.05) is 18.5 Å². The molecule has 6 heteroatoms. The summed E-state index contributed by atoms with van der Waals surface area (Å²) in [7, 11) is 1.33. The van der Waals surface area contributed by atoms with Crippen LogP contribution in [0.2, 0.25) is 0 Å². The Morgan fingerprint density at radius 1 is 1.04 bits per heavy atom. The Morgan fingerprint density at radius 3 is 2.26 bits per heavy atom. The van der Waals surface area contributed by atoms with Gasteiger partial charge in [-0.1, -0.05) is 30.3 Å². The van der Waals surface area contributed by atoms with Crippen molar-refractivity contribution in [3.63, 3.8) is 0 Å². The lowest BCUT2D eigenvalue weighted by Crippen LogP contribution is -2.20. The lowest BCUT2D eigenvalue weighted by atomic mass is 10.1. The molecule has 6 nitrogen and oxygen atoms in total. The zero-order valence-electron chi connectivity index (χ0n) is 12.9. The largest absolute Gasteiger partial charge is 0.479 e. The number of aliphatic carboxylic acids is 1. The Labute approximate surface area is 134 Å². The fraction of sp³-hybridized carbons (Fsp3) is 0.176. The monoisotopic (exact) mass is 314 g/mol. The maximum atomic E-state index is 12.0. The molecule has 0 saturated carbocycles. The van der Waals surface area contributed by atoms with Crippen LogP contribution in [0.15, 0.2) is 48.5 Å². The number of benzene rings is 2. The molecule has 3 N–H and O–H groups in total. The third-order valence-electron chi connectivity index (χ3n) is 3.32. The molecular formula is C17H18N2O4. The lowest BCUT2D eigenvalue weighted by Gasteiger charge is -2.12. The predicted molar refractivity (Wildman–Crippen MR) is 87.6 cm³/mol. The van der Waals surface area contributed by atoms with Crippen LogP contribution in [-0.4, -0.2) is 24.2 Å². The van der Waals surface area contributed by atoms with E-state index in [0.717, 1.165) is 11.3 Å². The van der Waals surface area contributed by atoms with E-state index in [1.54, 1.807) is 24.3 Å². The van der Waals surface area contributed by atoms with Crippen LogP contribution in [0.3, 0.4) is 0 Å². The lowest BCUT2D eigenvalue weighted by molar-refractivity contribution is -0.148. The summed E-state index contributed by atoms with van der Waals surface area (Å²) in [6.45, 7) is 1.90. The number of carbonyl (C=O) groups excluding carboxylic acids is 1. The molecule has 2 amide bonds. The number of rotatable bonds is 5. The van der Waals surface area contributed by atoms with Gasteiger partial charge in [0.2, 0.25) is 0 Å². The van der Waals surface area contributed by atoms with E-state index in [1.165, 1.54) is 7.11 Å². The van der Waals surface area contributed by atoms with Gasteiger partial charge in [0.15, 0.2) is 6.10 Å². The molecule has 0 aromatic heterocycles. The number of hydrogen-bond acceptors (Lipinski definition) is 3. The highest BCUT2D eigenvalue weighted by Gasteiger charge is 2.18. The van der Waals surface area contributed by atoms with Crippen LogP contribution in [0.1, 0.15) is 17.2 Å². The zero-order valence-corrected chi connectivity index (χ0v) is 12.9. The van der Waals surface area contributed by atoms with Crippen molar-refractivity contribution in [3.8, 4) is 0 Å². The fourth-order valence-electron chi connectivity index (χ4n) is 2.12. The molecule has 0 aliphatic carbocycles. The number of carboxylic acids is 1. The van der Waals surface area contributed by atoms with Crippen molar-refractivity contribution in [2.45, 2.75) is 13.0 Å². The minimum absolute atomic E-state index is 0.367. The Hall–Kier alpha value is -2.86. The number of ether oxygens (including phenoxy) is 1. The average molecular weight is 314 g/mol. The number of carbonyl (C=O) groups is 2. The number of urea groups is 1. The highest BCUT2D eigenvalue weighted by atomic mass is 16.5. The van der Waals surface area contributed by atoms with Crippen molar-refractivity contribution in [3.05, 3.63) is 59.7 Å². The zero-order chi connectivity index (χ0) is 16.8. The van der Waals surface area contributed by atoms with Gasteiger partial charge in [-0.15, -0.1) is 0 Å². The van der Waals surface area contributed by atoms with Crippen molar-refractivity contribution in [2.75, 3.05) is 17.7 Å². The molecule has 2 aromatic carbocycles. The second kappa shape index (κ2) is 7.42. The molecule has 0 aliphatic rings. The normalized spacial score (nSPS) is 11.6. The molecule has 0 fully saturated rings. The molecule has 0 heterocycles. The first kappa shape index (κ1) is 16.5. The Balaban J connectivity index is 2.02. The van der Waals surface area contributed by atoms with E-state index in [0.29, 0.717) is 11.3 Å². The molecule has 2 rings (SSSR count). The number of amides is 2. The minimum Gasteiger partial charge on any atom is -0.479 e. The van der Waals surface area contributed by atoms with Gasteiger partial charge in [0.05, 0.1) is 0 Å². The van der Waals surface area contributed by atoms with E-state index in [1.807, 2.05) is 31.2 Å². The molecule has 1 atom stereocenters. The summed E-state index contributed by atoms with van der Waals surface area (Å²) >= 11 is 0. The van der Waals surface area contributed by atoms with Gasteiger partial charge in [-0.05, 0) is 36.2 Å². The fourth-order valence-corrected chi connectivity index (χ4v) is 2.12. The standard InChI is InChI=1S/C17H18N2O4/c1-11-5-3-4-6-14(11)19-17(22)18-13-9-7-12(8-10-13)15(23-2)16(20)21/h3-10,15H,1-2H3,(H,20,21)(H2,18,19,22). The van der Waals surface area contributed by atoms with Crippen LogP contribution >= 0.6 is 0 Å². The van der Waals surface area contributed by atoms with Crippen molar-refractivity contribution < 1.29 is 19.4 Å². The second-order valence-electron chi connectivity index (χ2n) is 4.97. The molecule has 0 aliphatic heterocycles. The molecule has 0 spiro atoms. The topological polar surface area (TPSA) is 87.7 Å². The smallest absolute Gasteiger partial charge is 0.337 e. The molecular weight excluding hydrogens is 296 g/mol. The van der Waals surface area contributed by atoms with Gasteiger partial charge in [-0.25, -0.2) is 9.59 Å². The van der Waals surface area contributed by atoms with Crippen molar-refractivity contribution in [1.82, 2.24) is 0 Å². The van der Waals surface area contributed by atoms with E-state index in [9.17, 15) is 9.59 Å². The van der Waals surface area contributed by atoms with E-state index < -0.39 is 12.1 Å². The summed E-state index contributed by atoms with van der Waals surface area (Å²) < 4.78 is 4.91. The summed E-state index contributed by atoms with van der Waals surface area (Å²) in [5, 5.41) is 14.5. The van der Waals surface area contributed by atoms with Gasteiger partial charge >= 0.3 is 12.0 Å². The highest BCUT2D eigenvalue weighted by molar-refractivity contribution is 6.00. The predicted octanol–water partition coefficient (Wildman–Crippen LogP) is 3.41. The van der Waals surface area contributed by atoms with E-state index >= 15 is 0 Å². The SMILES string of the molecule is COC(C(=O)O)c1ccc(NC(=O)Nc2ccccc2C)cc1. The summed E-state index contributed by atoms with van der Waals surface area (Å²) in [6, 6.07) is 13.5. The number of aryl methyl sites for hydroxylation is 1. The molecule has 120 valence electrons.